The third kappa shape index (κ3) is 7.70. The predicted octanol–water partition coefficient (Wildman–Crippen LogP) is 5.07. The maximum Gasteiger partial charge on any atom is 4.00 e. The molecule has 0 aromatic heterocycles. The predicted molar refractivity (Wildman–Crippen MR) is 74.4 cm³/mol. The third-order valence-electron chi connectivity index (χ3n) is 2.73. The van der Waals surface area contributed by atoms with Crippen molar-refractivity contribution in [1.82, 2.24) is 0 Å². The largest absolute Gasteiger partial charge is 4.00 e. The SMILES string of the molecule is CC1=[C-]CC=C1C.CC1=[C-]CC=C1C.[CH3-].[CH3-].[Hf+4]. The van der Waals surface area contributed by atoms with E-state index in [2.05, 4.69) is 52.0 Å². The zero-order chi connectivity index (χ0) is 10.6. The van der Waals surface area contributed by atoms with Crippen molar-refractivity contribution in [2.24, 2.45) is 0 Å². The third-order valence-corrected chi connectivity index (χ3v) is 2.73. The Morgan fingerprint density at radius 3 is 1.12 bits per heavy atom. The van der Waals surface area contributed by atoms with Crippen LogP contribution in [0.2, 0.25) is 0 Å². The summed E-state index contributed by atoms with van der Waals surface area (Å²) >= 11 is 0. The zero-order valence-electron chi connectivity index (χ0n) is 12.1. The molecule has 92 valence electrons. The first-order chi connectivity index (χ1) is 6.61. The van der Waals surface area contributed by atoms with Gasteiger partial charge in [-0.3, -0.25) is 12.2 Å². The number of hydrogen-bond acceptors (Lipinski definition) is 0. The zero-order valence-corrected chi connectivity index (χ0v) is 15.7. The van der Waals surface area contributed by atoms with E-state index < -0.39 is 0 Å². The Labute approximate surface area is 127 Å². The van der Waals surface area contributed by atoms with Crippen molar-refractivity contribution in [3.05, 3.63) is 61.4 Å². The van der Waals surface area contributed by atoms with Gasteiger partial charge in [-0.15, -0.1) is 26.7 Å². The van der Waals surface area contributed by atoms with E-state index in [4.69, 9.17) is 0 Å². The van der Waals surface area contributed by atoms with E-state index in [9.17, 15) is 0 Å². The summed E-state index contributed by atoms with van der Waals surface area (Å²) in [6.07, 6.45) is 12.8. The van der Waals surface area contributed by atoms with Crippen LogP contribution in [0.3, 0.4) is 0 Å². The van der Waals surface area contributed by atoms with Crippen LogP contribution in [0.1, 0.15) is 40.5 Å². The minimum absolute atomic E-state index is 0. The first-order valence-electron chi connectivity index (χ1n) is 5.10. The molecular formula is C16H24Hf. The fourth-order valence-electron chi connectivity index (χ4n) is 1.30. The van der Waals surface area contributed by atoms with Gasteiger partial charge < -0.3 is 14.9 Å². The van der Waals surface area contributed by atoms with Crippen LogP contribution in [0.5, 0.6) is 0 Å². The van der Waals surface area contributed by atoms with Crippen LogP contribution in [0.15, 0.2) is 34.4 Å². The maximum atomic E-state index is 3.19. The van der Waals surface area contributed by atoms with Gasteiger partial charge >= 0.3 is 25.8 Å². The van der Waals surface area contributed by atoms with Crippen molar-refractivity contribution in [2.45, 2.75) is 40.5 Å². The summed E-state index contributed by atoms with van der Waals surface area (Å²) in [4.78, 5) is 0. The van der Waals surface area contributed by atoms with Crippen LogP contribution >= 0.6 is 0 Å². The first-order valence-corrected chi connectivity index (χ1v) is 5.10. The van der Waals surface area contributed by atoms with Crippen molar-refractivity contribution < 1.29 is 25.8 Å². The molecule has 0 fully saturated rings. The molecule has 0 radical (unpaired) electrons. The van der Waals surface area contributed by atoms with E-state index in [1.165, 1.54) is 22.3 Å². The van der Waals surface area contributed by atoms with E-state index in [-0.39, 0.29) is 40.7 Å². The molecule has 0 saturated carbocycles. The molecule has 0 saturated heterocycles. The fourth-order valence-corrected chi connectivity index (χ4v) is 1.30. The minimum atomic E-state index is 0. The van der Waals surface area contributed by atoms with E-state index in [0.717, 1.165) is 12.8 Å². The standard InChI is InChI=1S/2C7H9.2CH3.Hf/c2*1-6-4-3-5-7(6)2;;;/h2*4H,3H2,1-2H3;2*1H3;/q4*-1;+4. The van der Waals surface area contributed by atoms with E-state index in [1.54, 1.807) is 0 Å². The van der Waals surface area contributed by atoms with Crippen molar-refractivity contribution in [2.75, 3.05) is 0 Å². The van der Waals surface area contributed by atoms with Gasteiger partial charge in [0.25, 0.3) is 0 Å². The van der Waals surface area contributed by atoms with Crippen LogP contribution < -0.4 is 0 Å². The maximum absolute atomic E-state index is 3.19. The molecule has 2 rings (SSSR count). The Morgan fingerprint density at radius 2 is 1.06 bits per heavy atom. The smallest absolute Gasteiger partial charge is 0.358 e. The molecule has 0 spiro atoms. The summed E-state index contributed by atoms with van der Waals surface area (Å²) in [6.45, 7) is 8.43. The molecule has 0 bridgehead atoms. The summed E-state index contributed by atoms with van der Waals surface area (Å²) in [7, 11) is 0. The Morgan fingerprint density at radius 1 is 0.765 bits per heavy atom. The second-order valence-corrected chi connectivity index (χ2v) is 3.79. The number of hydrogen-bond donors (Lipinski definition) is 0. The fraction of sp³-hybridized carbons (Fsp3) is 0.375. The van der Waals surface area contributed by atoms with Crippen molar-refractivity contribution >= 4 is 0 Å². The Bertz CT molecular complexity index is 261. The minimum Gasteiger partial charge on any atom is -0.358 e. The van der Waals surface area contributed by atoms with Gasteiger partial charge in [0.1, 0.15) is 0 Å². The van der Waals surface area contributed by atoms with E-state index in [1.807, 2.05) is 0 Å². The molecule has 0 aromatic carbocycles. The average molecular weight is 395 g/mol. The summed E-state index contributed by atoms with van der Waals surface area (Å²) in [5.41, 5.74) is 5.42. The van der Waals surface area contributed by atoms with Gasteiger partial charge in [-0.25, -0.2) is 22.3 Å². The summed E-state index contributed by atoms with van der Waals surface area (Å²) < 4.78 is 0. The molecule has 2 aliphatic rings. The summed E-state index contributed by atoms with van der Waals surface area (Å²) in [6, 6.07) is 0. The van der Waals surface area contributed by atoms with Gasteiger partial charge in [-0.2, -0.15) is 12.2 Å². The average Bonchev–Trinajstić information content (AvgIpc) is 2.67. The van der Waals surface area contributed by atoms with Gasteiger partial charge in [0.15, 0.2) is 0 Å². The molecule has 0 N–H and O–H groups in total. The molecule has 0 nitrogen and oxygen atoms in total. The molecule has 1 heteroatoms. The van der Waals surface area contributed by atoms with Crippen LogP contribution in [-0.4, -0.2) is 0 Å². The second-order valence-electron chi connectivity index (χ2n) is 3.79. The molecule has 2 aliphatic carbocycles. The van der Waals surface area contributed by atoms with Gasteiger partial charge in [-0.05, 0) is 0 Å². The van der Waals surface area contributed by atoms with E-state index in [0.29, 0.717) is 0 Å². The number of rotatable bonds is 0. The van der Waals surface area contributed by atoms with Crippen molar-refractivity contribution in [3.63, 3.8) is 0 Å². The van der Waals surface area contributed by atoms with Crippen LogP contribution in [0, 0.1) is 27.0 Å². The Kier molecular flexibility index (Phi) is 14.2. The van der Waals surface area contributed by atoms with Crippen LogP contribution in [-0.2, 0) is 25.8 Å². The monoisotopic (exact) mass is 396 g/mol. The molecular weight excluding hydrogens is 371 g/mol. The topological polar surface area (TPSA) is 0 Å². The molecule has 0 heterocycles. The van der Waals surface area contributed by atoms with Crippen LogP contribution in [0.25, 0.3) is 0 Å². The van der Waals surface area contributed by atoms with Crippen molar-refractivity contribution in [1.29, 1.82) is 0 Å². The van der Waals surface area contributed by atoms with Gasteiger partial charge in [0, 0.05) is 0 Å². The van der Waals surface area contributed by atoms with Crippen molar-refractivity contribution in [3.8, 4) is 0 Å². The van der Waals surface area contributed by atoms with Gasteiger partial charge in [0.05, 0.1) is 0 Å². The number of allylic oxidation sites excluding steroid dienone is 8. The van der Waals surface area contributed by atoms with Gasteiger partial charge in [0.2, 0.25) is 0 Å². The molecule has 0 atom stereocenters. The molecule has 17 heavy (non-hydrogen) atoms. The Hall–Kier alpha value is -0.170. The van der Waals surface area contributed by atoms with Gasteiger partial charge in [-0.1, -0.05) is 13.8 Å². The summed E-state index contributed by atoms with van der Waals surface area (Å²) in [5.74, 6) is 0. The van der Waals surface area contributed by atoms with Crippen LogP contribution in [0.4, 0.5) is 0 Å². The molecule has 0 aromatic rings. The molecule has 0 unspecified atom stereocenters. The second kappa shape index (κ2) is 11.0. The molecule has 0 aliphatic heterocycles. The summed E-state index contributed by atoms with van der Waals surface area (Å²) in [5, 5.41) is 0. The quantitative estimate of drug-likeness (QED) is 0.397. The molecule has 0 amide bonds. The van der Waals surface area contributed by atoms with E-state index >= 15 is 0 Å². The Balaban J connectivity index is -0.000000196. The first kappa shape index (κ1) is 22.0. The normalized spacial score (nSPS) is 15.8.